The van der Waals surface area contributed by atoms with Crippen LogP contribution in [0.3, 0.4) is 0 Å². The molecular weight excluding hydrogens is 282 g/mol. The van der Waals surface area contributed by atoms with Crippen molar-refractivity contribution in [2.75, 3.05) is 18.5 Å². The van der Waals surface area contributed by atoms with Crippen molar-refractivity contribution in [3.63, 3.8) is 0 Å². The van der Waals surface area contributed by atoms with Gasteiger partial charge >= 0.3 is 0 Å². The predicted molar refractivity (Wildman–Crippen MR) is 91.1 cm³/mol. The monoisotopic (exact) mass is 309 g/mol. The summed E-state index contributed by atoms with van der Waals surface area (Å²) in [5, 5.41) is 3.93. The van der Waals surface area contributed by atoms with E-state index in [4.69, 9.17) is 11.6 Å². The molecule has 1 aliphatic carbocycles. The van der Waals surface area contributed by atoms with E-state index in [-0.39, 0.29) is 0 Å². The molecule has 1 N–H and O–H groups in total. The fourth-order valence-corrected chi connectivity index (χ4v) is 3.22. The van der Waals surface area contributed by atoms with Gasteiger partial charge in [-0.15, -0.1) is 0 Å². The maximum atomic E-state index is 6.25. The van der Waals surface area contributed by atoms with E-state index in [0.717, 1.165) is 35.4 Å². The number of hydrogen-bond acceptors (Lipinski definition) is 3. The van der Waals surface area contributed by atoms with Gasteiger partial charge in [0, 0.05) is 25.3 Å². The minimum absolute atomic E-state index is 0.653. The number of nitrogens with one attached hydrogen (secondary N) is 1. The first-order valence-electron chi connectivity index (χ1n) is 8.17. The number of halogens is 1. The van der Waals surface area contributed by atoms with Gasteiger partial charge in [-0.1, -0.05) is 38.3 Å². The highest BCUT2D eigenvalue weighted by Crippen LogP contribution is 2.29. The van der Waals surface area contributed by atoms with Crippen molar-refractivity contribution < 1.29 is 0 Å². The van der Waals surface area contributed by atoms with Crippen molar-refractivity contribution in [2.45, 2.75) is 58.5 Å². The molecule has 0 atom stereocenters. The molecule has 0 aromatic carbocycles. The second-order valence-electron chi connectivity index (χ2n) is 6.48. The zero-order chi connectivity index (χ0) is 15.2. The summed E-state index contributed by atoms with van der Waals surface area (Å²) in [6.07, 6.45) is 8.30. The van der Waals surface area contributed by atoms with E-state index in [1.807, 2.05) is 7.05 Å². The summed E-state index contributed by atoms with van der Waals surface area (Å²) in [7, 11) is 1.95. The van der Waals surface area contributed by atoms with Crippen LogP contribution in [0.5, 0.6) is 0 Å². The Morgan fingerprint density at radius 2 is 2.10 bits per heavy atom. The average molecular weight is 310 g/mol. The second kappa shape index (κ2) is 8.00. The fraction of sp³-hybridized carbons (Fsp3) is 0.706. The lowest BCUT2D eigenvalue weighted by molar-refractivity contribution is 0.525. The van der Waals surface area contributed by atoms with Gasteiger partial charge < -0.3 is 10.2 Å². The predicted octanol–water partition coefficient (Wildman–Crippen LogP) is 4.25. The van der Waals surface area contributed by atoms with Crippen LogP contribution < -0.4 is 10.2 Å². The Morgan fingerprint density at radius 3 is 2.71 bits per heavy atom. The molecule has 2 rings (SSSR count). The van der Waals surface area contributed by atoms with Crippen LogP contribution in [0, 0.1) is 5.92 Å². The summed E-state index contributed by atoms with van der Waals surface area (Å²) >= 11 is 6.25. The Bertz CT molecular complexity index is 442. The number of anilines is 1. The lowest BCUT2D eigenvalue weighted by Crippen LogP contribution is -2.35. The highest BCUT2D eigenvalue weighted by molar-refractivity contribution is 6.31. The third-order valence-corrected chi connectivity index (χ3v) is 4.63. The number of rotatable bonds is 7. The minimum atomic E-state index is 0.653. The molecule has 4 heteroatoms. The Morgan fingerprint density at radius 1 is 1.38 bits per heavy atom. The Hall–Kier alpha value is -0.800. The van der Waals surface area contributed by atoms with Crippen molar-refractivity contribution in [1.29, 1.82) is 0 Å². The lowest BCUT2D eigenvalue weighted by atomic mass is 10.1. The topological polar surface area (TPSA) is 28.2 Å². The highest BCUT2D eigenvalue weighted by Gasteiger charge is 2.24. The molecule has 1 aromatic heterocycles. The fourth-order valence-electron chi connectivity index (χ4n) is 3.05. The molecule has 0 aliphatic heterocycles. The number of pyridine rings is 1. The van der Waals surface area contributed by atoms with Gasteiger partial charge in [0.2, 0.25) is 0 Å². The summed E-state index contributed by atoms with van der Waals surface area (Å²) in [6.45, 7) is 6.45. The summed E-state index contributed by atoms with van der Waals surface area (Å²) in [6, 6.07) is 2.82. The van der Waals surface area contributed by atoms with Crippen LogP contribution in [-0.2, 0) is 6.54 Å². The van der Waals surface area contributed by atoms with Crippen molar-refractivity contribution in [2.24, 2.45) is 5.92 Å². The Kier molecular flexibility index (Phi) is 6.31. The SMILES string of the molecule is CNCc1cc(N(CCC(C)C)C2CCCC2)ncc1Cl. The van der Waals surface area contributed by atoms with E-state index in [9.17, 15) is 0 Å². The molecule has 1 saturated carbocycles. The quantitative estimate of drug-likeness (QED) is 0.816. The van der Waals surface area contributed by atoms with Crippen LogP contribution in [0.2, 0.25) is 5.02 Å². The standard InChI is InChI=1S/C17H28ClN3/c1-13(2)8-9-21(15-6-4-5-7-15)17-10-14(11-19-3)16(18)12-20-17/h10,12-13,15,19H,4-9,11H2,1-3H3. The molecule has 3 nitrogen and oxygen atoms in total. The van der Waals surface area contributed by atoms with Gasteiger partial charge in [0.25, 0.3) is 0 Å². The van der Waals surface area contributed by atoms with Crippen molar-refractivity contribution >= 4 is 17.4 Å². The van der Waals surface area contributed by atoms with Crippen LogP contribution in [0.15, 0.2) is 12.3 Å². The minimum Gasteiger partial charge on any atom is -0.354 e. The molecule has 0 unspecified atom stereocenters. The number of aromatic nitrogens is 1. The third kappa shape index (κ3) is 4.58. The van der Waals surface area contributed by atoms with Gasteiger partial charge in [0.15, 0.2) is 0 Å². The Balaban J connectivity index is 2.20. The molecule has 1 heterocycles. The molecular formula is C17H28ClN3. The van der Waals surface area contributed by atoms with Crippen molar-refractivity contribution in [1.82, 2.24) is 10.3 Å². The molecule has 1 aliphatic rings. The molecule has 1 fully saturated rings. The number of nitrogens with zero attached hydrogens (tertiary/aromatic N) is 2. The zero-order valence-electron chi connectivity index (χ0n) is 13.5. The van der Waals surface area contributed by atoms with Crippen LogP contribution >= 0.6 is 11.6 Å². The van der Waals surface area contributed by atoms with Gasteiger partial charge in [0.05, 0.1) is 5.02 Å². The summed E-state index contributed by atoms with van der Waals surface area (Å²) < 4.78 is 0. The molecule has 0 amide bonds. The maximum absolute atomic E-state index is 6.25. The Labute approximate surface area is 134 Å². The van der Waals surface area contributed by atoms with Gasteiger partial charge in [-0.25, -0.2) is 4.98 Å². The second-order valence-corrected chi connectivity index (χ2v) is 6.89. The van der Waals surface area contributed by atoms with Gasteiger partial charge in [-0.2, -0.15) is 0 Å². The molecule has 0 spiro atoms. The molecule has 0 saturated heterocycles. The molecule has 21 heavy (non-hydrogen) atoms. The van der Waals surface area contributed by atoms with Crippen molar-refractivity contribution in [3.05, 3.63) is 22.8 Å². The average Bonchev–Trinajstić information content (AvgIpc) is 2.96. The van der Waals surface area contributed by atoms with Crippen LogP contribution in [0.25, 0.3) is 0 Å². The zero-order valence-corrected chi connectivity index (χ0v) is 14.3. The highest BCUT2D eigenvalue weighted by atomic mass is 35.5. The lowest BCUT2D eigenvalue weighted by Gasteiger charge is -2.31. The van der Waals surface area contributed by atoms with E-state index in [1.54, 1.807) is 6.20 Å². The van der Waals surface area contributed by atoms with Crippen LogP contribution in [0.1, 0.15) is 51.5 Å². The van der Waals surface area contributed by atoms with E-state index < -0.39 is 0 Å². The first kappa shape index (κ1) is 16.6. The van der Waals surface area contributed by atoms with E-state index in [1.165, 1.54) is 32.1 Å². The van der Waals surface area contributed by atoms with E-state index in [2.05, 4.69) is 35.1 Å². The van der Waals surface area contributed by atoms with Crippen LogP contribution in [0.4, 0.5) is 5.82 Å². The first-order chi connectivity index (χ1) is 10.1. The summed E-state index contributed by atoms with van der Waals surface area (Å²) in [4.78, 5) is 7.13. The van der Waals surface area contributed by atoms with Crippen LogP contribution in [-0.4, -0.2) is 24.6 Å². The first-order valence-corrected chi connectivity index (χ1v) is 8.55. The van der Waals surface area contributed by atoms with E-state index >= 15 is 0 Å². The van der Waals surface area contributed by atoms with Gasteiger partial charge in [-0.3, -0.25) is 0 Å². The maximum Gasteiger partial charge on any atom is 0.129 e. The molecule has 0 bridgehead atoms. The normalized spacial score (nSPS) is 15.9. The van der Waals surface area contributed by atoms with Gasteiger partial charge in [0.1, 0.15) is 5.82 Å². The number of hydrogen-bond donors (Lipinski definition) is 1. The molecule has 0 radical (unpaired) electrons. The van der Waals surface area contributed by atoms with Gasteiger partial charge in [-0.05, 0) is 43.9 Å². The molecule has 118 valence electrons. The third-order valence-electron chi connectivity index (χ3n) is 4.29. The van der Waals surface area contributed by atoms with E-state index in [0.29, 0.717) is 6.04 Å². The molecule has 1 aromatic rings. The largest absolute Gasteiger partial charge is 0.354 e. The summed E-state index contributed by atoms with van der Waals surface area (Å²) in [5.41, 5.74) is 1.14. The smallest absolute Gasteiger partial charge is 0.129 e. The summed E-state index contributed by atoms with van der Waals surface area (Å²) in [5.74, 6) is 1.81. The van der Waals surface area contributed by atoms with Crippen molar-refractivity contribution in [3.8, 4) is 0 Å².